The van der Waals surface area contributed by atoms with E-state index in [1.54, 1.807) is 0 Å². The Hall–Kier alpha value is -2.13. The summed E-state index contributed by atoms with van der Waals surface area (Å²) in [6.07, 6.45) is 0. The molecule has 2 fully saturated rings. The first-order valence-electron chi connectivity index (χ1n) is 8.14. The first kappa shape index (κ1) is 17.7. The summed E-state index contributed by atoms with van der Waals surface area (Å²) in [6, 6.07) is 9.33. The van der Waals surface area contributed by atoms with Gasteiger partial charge in [0.1, 0.15) is 0 Å². The lowest BCUT2D eigenvalue weighted by Crippen LogP contribution is -2.62. The fraction of sp³-hybridized carbons (Fsp3) is 0.500. The zero-order chi connectivity index (χ0) is 18.2. The summed E-state index contributed by atoms with van der Waals surface area (Å²) in [5, 5.41) is -1.23. The number of hydrogen-bond acceptors (Lipinski definition) is 5. The molecule has 2 aliphatic rings. The first-order chi connectivity index (χ1) is 11.8. The molecule has 0 radical (unpaired) electrons. The van der Waals surface area contributed by atoms with Crippen LogP contribution in [0.5, 0.6) is 0 Å². The van der Waals surface area contributed by atoms with E-state index in [0.29, 0.717) is 26.2 Å². The molecule has 2 aliphatic heterocycles. The highest BCUT2D eigenvalue weighted by molar-refractivity contribution is 7.90. The maximum absolute atomic E-state index is 12.9. The average molecular weight is 366 g/mol. The van der Waals surface area contributed by atoms with Crippen LogP contribution in [0.4, 0.5) is 10.5 Å². The van der Waals surface area contributed by atoms with Gasteiger partial charge >= 0.3 is 6.03 Å². The van der Waals surface area contributed by atoms with Gasteiger partial charge in [0.05, 0.1) is 0 Å². The van der Waals surface area contributed by atoms with Gasteiger partial charge < -0.3 is 9.80 Å². The van der Waals surface area contributed by atoms with Crippen molar-refractivity contribution in [2.75, 3.05) is 51.7 Å². The number of imide groups is 1. The van der Waals surface area contributed by atoms with Crippen molar-refractivity contribution in [3.8, 4) is 0 Å². The number of hydrogen-bond donors (Lipinski definition) is 0. The number of carbonyl (C=O) groups excluding carboxylic acids is 2. The Balaban J connectivity index is 1.72. The van der Waals surface area contributed by atoms with E-state index in [9.17, 15) is 18.0 Å². The number of carbonyl (C=O) groups is 2. The topological polar surface area (TPSA) is 81.2 Å². The highest BCUT2D eigenvalue weighted by Crippen LogP contribution is 2.22. The molecule has 8 nitrogen and oxygen atoms in total. The fourth-order valence-electron chi connectivity index (χ4n) is 3.21. The van der Waals surface area contributed by atoms with Crippen molar-refractivity contribution in [1.29, 1.82) is 0 Å². The van der Waals surface area contributed by atoms with E-state index in [0.717, 1.165) is 10.6 Å². The molecule has 0 N–H and O–H groups in total. The van der Waals surface area contributed by atoms with Crippen molar-refractivity contribution in [1.82, 2.24) is 14.1 Å². The number of piperazine rings is 1. The van der Waals surface area contributed by atoms with Crippen molar-refractivity contribution in [2.24, 2.45) is 0 Å². The maximum atomic E-state index is 12.9. The molecule has 1 aromatic carbocycles. The van der Waals surface area contributed by atoms with Gasteiger partial charge in [-0.05, 0) is 12.1 Å². The molecule has 3 amide bonds. The summed E-state index contributed by atoms with van der Waals surface area (Å²) < 4.78 is 27.2. The Morgan fingerprint density at radius 3 is 2.16 bits per heavy atom. The molecule has 0 aromatic heterocycles. The predicted molar refractivity (Wildman–Crippen MR) is 93.7 cm³/mol. The molecule has 9 heteroatoms. The van der Waals surface area contributed by atoms with E-state index >= 15 is 0 Å². The second-order valence-corrected chi connectivity index (χ2v) is 8.43. The Labute approximate surface area is 147 Å². The molecule has 0 saturated carbocycles. The van der Waals surface area contributed by atoms with Crippen LogP contribution in [0.3, 0.4) is 0 Å². The second kappa shape index (κ2) is 6.64. The van der Waals surface area contributed by atoms with Gasteiger partial charge in [0, 0.05) is 52.5 Å². The zero-order valence-corrected chi connectivity index (χ0v) is 15.1. The average Bonchev–Trinajstić information content (AvgIpc) is 2.63. The smallest absolute Gasteiger partial charge is 0.326 e. The van der Waals surface area contributed by atoms with E-state index in [2.05, 4.69) is 4.90 Å². The molecule has 3 rings (SSSR count). The summed E-state index contributed by atoms with van der Waals surface area (Å²) in [4.78, 5) is 28.4. The number of anilines is 1. The lowest BCUT2D eigenvalue weighted by atomic mass is 10.2. The van der Waals surface area contributed by atoms with Crippen LogP contribution in [0.15, 0.2) is 30.3 Å². The third-order valence-corrected chi connectivity index (χ3v) is 6.89. The Morgan fingerprint density at radius 1 is 0.960 bits per heavy atom. The van der Waals surface area contributed by atoms with Crippen LogP contribution < -0.4 is 4.90 Å². The van der Waals surface area contributed by atoms with Gasteiger partial charge in [0.2, 0.25) is 10.0 Å². The summed E-state index contributed by atoms with van der Waals surface area (Å²) >= 11 is 0. The van der Waals surface area contributed by atoms with Gasteiger partial charge in [0.25, 0.3) is 5.91 Å². The minimum absolute atomic E-state index is 0.108. The van der Waals surface area contributed by atoms with Gasteiger partial charge in [-0.15, -0.1) is 0 Å². The standard InChI is InChI=1S/C16H22N4O4S/c1-17-12-14(15(21)18(2)16(17)22)25(23,24)20-10-8-19(9-11-20)13-6-4-3-5-7-13/h3-7,14H,8-12H2,1-2H3. The monoisotopic (exact) mass is 366 g/mol. The van der Waals surface area contributed by atoms with E-state index in [4.69, 9.17) is 0 Å². The van der Waals surface area contributed by atoms with E-state index in [-0.39, 0.29) is 6.54 Å². The number of urea groups is 1. The third-order valence-electron chi connectivity index (χ3n) is 4.74. The molecule has 0 aliphatic carbocycles. The number of sulfonamides is 1. The van der Waals surface area contributed by atoms with E-state index in [1.807, 2.05) is 30.3 Å². The van der Waals surface area contributed by atoms with Gasteiger partial charge in [-0.2, -0.15) is 4.31 Å². The van der Waals surface area contributed by atoms with E-state index < -0.39 is 27.2 Å². The van der Waals surface area contributed by atoms with Crippen LogP contribution in [0.1, 0.15) is 0 Å². The van der Waals surface area contributed by atoms with E-state index in [1.165, 1.54) is 23.3 Å². The molecule has 1 unspecified atom stereocenters. The molecule has 25 heavy (non-hydrogen) atoms. The van der Waals surface area contributed by atoms with Gasteiger partial charge in [-0.3, -0.25) is 9.69 Å². The summed E-state index contributed by atoms with van der Waals surface area (Å²) in [6.45, 7) is 1.66. The maximum Gasteiger partial charge on any atom is 0.326 e. The Kier molecular flexibility index (Phi) is 4.70. The second-order valence-electron chi connectivity index (χ2n) is 6.32. The lowest BCUT2D eigenvalue weighted by Gasteiger charge is -2.39. The molecule has 1 atom stereocenters. The number of para-hydroxylation sites is 1. The SMILES string of the molecule is CN1CC(S(=O)(=O)N2CCN(c3ccccc3)CC2)C(=O)N(C)C1=O. The molecule has 0 bridgehead atoms. The predicted octanol–water partition coefficient (Wildman–Crippen LogP) is 0.0308. The largest absolute Gasteiger partial charge is 0.369 e. The molecular weight excluding hydrogens is 344 g/mol. The van der Waals surface area contributed by atoms with Crippen LogP contribution in [-0.4, -0.2) is 86.5 Å². The quantitative estimate of drug-likeness (QED) is 0.754. The van der Waals surface area contributed by atoms with Crippen molar-refractivity contribution in [2.45, 2.75) is 5.25 Å². The van der Waals surface area contributed by atoms with Crippen LogP contribution in [-0.2, 0) is 14.8 Å². The summed E-state index contributed by atoms with van der Waals surface area (Å²) in [5.41, 5.74) is 1.05. The number of benzene rings is 1. The third kappa shape index (κ3) is 3.21. The van der Waals surface area contributed by atoms with Gasteiger partial charge in [-0.1, -0.05) is 18.2 Å². The molecule has 136 valence electrons. The summed E-state index contributed by atoms with van der Waals surface area (Å²) in [7, 11) is -0.991. The molecule has 0 spiro atoms. The Bertz CT molecular complexity index is 760. The number of amides is 3. The highest BCUT2D eigenvalue weighted by Gasteiger charge is 2.46. The molecular formula is C16H22N4O4S. The highest BCUT2D eigenvalue weighted by atomic mass is 32.2. The van der Waals surface area contributed by atoms with Crippen molar-refractivity contribution < 1.29 is 18.0 Å². The van der Waals surface area contributed by atoms with Crippen molar-refractivity contribution >= 4 is 27.6 Å². The molecule has 1 aromatic rings. The van der Waals surface area contributed by atoms with Crippen molar-refractivity contribution in [3.05, 3.63) is 30.3 Å². The normalized spacial score (nSPS) is 23.3. The Morgan fingerprint density at radius 2 is 1.56 bits per heavy atom. The zero-order valence-electron chi connectivity index (χ0n) is 14.3. The number of rotatable bonds is 3. The van der Waals surface area contributed by atoms with Crippen LogP contribution in [0.2, 0.25) is 0 Å². The van der Waals surface area contributed by atoms with Crippen molar-refractivity contribution in [3.63, 3.8) is 0 Å². The van der Waals surface area contributed by atoms with Gasteiger partial charge in [-0.25, -0.2) is 13.2 Å². The minimum Gasteiger partial charge on any atom is -0.369 e. The lowest BCUT2D eigenvalue weighted by molar-refractivity contribution is -0.129. The first-order valence-corrected chi connectivity index (χ1v) is 9.64. The van der Waals surface area contributed by atoms with Crippen LogP contribution in [0, 0.1) is 0 Å². The fourth-order valence-corrected chi connectivity index (χ4v) is 5.07. The summed E-state index contributed by atoms with van der Waals surface area (Å²) in [5.74, 6) is -0.659. The van der Waals surface area contributed by atoms with Crippen LogP contribution >= 0.6 is 0 Å². The number of nitrogens with zero attached hydrogens (tertiary/aromatic N) is 4. The van der Waals surface area contributed by atoms with Gasteiger partial charge in [0.15, 0.2) is 5.25 Å². The minimum atomic E-state index is -3.81. The van der Waals surface area contributed by atoms with Crippen LogP contribution in [0.25, 0.3) is 0 Å². The molecule has 2 saturated heterocycles. The molecule has 2 heterocycles.